The highest BCUT2D eigenvalue weighted by Gasteiger charge is 2.69. The number of nitro benzene ring substituents is 1. The number of nitro groups is 1. The topological polar surface area (TPSA) is 159 Å². The Labute approximate surface area is 242 Å². The van der Waals surface area contributed by atoms with Crippen LogP contribution < -0.4 is 5.32 Å². The summed E-state index contributed by atoms with van der Waals surface area (Å²) < 4.78 is 0. The van der Waals surface area contributed by atoms with E-state index in [1.807, 2.05) is 31.2 Å². The van der Waals surface area contributed by atoms with Crippen LogP contribution in [0.25, 0.3) is 10.9 Å². The highest BCUT2D eigenvalue weighted by molar-refractivity contribution is 7.09. The van der Waals surface area contributed by atoms with E-state index in [4.69, 9.17) is 11.6 Å². The molecule has 13 heteroatoms. The molecular formula is C28H24ClN5O6S. The van der Waals surface area contributed by atoms with E-state index in [2.05, 4.69) is 15.3 Å². The zero-order valence-corrected chi connectivity index (χ0v) is 23.2. The molecule has 6 rings (SSSR count). The average molecular weight is 594 g/mol. The first kappa shape index (κ1) is 27.1. The minimum Gasteiger partial charge on any atom is -0.480 e. The van der Waals surface area contributed by atoms with Crippen LogP contribution in [0, 0.1) is 28.9 Å². The number of carboxylic acids is 1. The Hall–Kier alpha value is -4.13. The Morgan fingerprint density at radius 1 is 1.24 bits per heavy atom. The fourth-order valence-electron chi connectivity index (χ4n) is 6.28. The van der Waals surface area contributed by atoms with Crippen molar-refractivity contribution in [3.05, 3.63) is 91.0 Å². The van der Waals surface area contributed by atoms with Crippen LogP contribution in [0.15, 0.2) is 54.2 Å². The summed E-state index contributed by atoms with van der Waals surface area (Å²) in [4.78, 5) is 62.0. The number of likely N-dealkylation sites (tertiary alicyclic amines) is 1. The highest BCUT2D eigenvalue weighted by Crippen LogP contribution is 2.52. The lowest BCUT2D eigenvalue weighted by atomic mass is 9.76. The van der Waals surface area contributed by atoms with E-state index in [-0.39, 0.29) is 29.2 Å². The number of hydrogen-bond acceptors (Lipinski definition) is 8. The van der Waals surface area contributed by atoms with Crippen LogP contribution in [-0.4, -0.2) is 54.8 Å². The molecule has 3 N–H and O–H groups in total. The Morgan fingerprint density at radius 2 is 2.02 bits per heavy atom. The number of thiazole rings is 1. The molecule has 41 heavy (non-hydrogen) atoms. The molecule has 2 aromatic carbocycles. The maximum absolute atomic E-state index is 14.0. The zero-order chi connectivity index (χ0) is 29.1. The summed E-state index contributed by atoms with van der Waals surface area (Å²) in [6.45, 7) is 1.88. The van der Waals surface area contributed by atoms with Crippen LogP contribution in [-0.2, 0) is 27.2 Å². The van der Waals surface area contributed by atoms with Crippen molar-refractivity contribution in [1.29, 1.82) is 0 Å². The van der Waals surface area contributed by atoms with Crippen LogP contribution in [0.4, 0.5) is 5.69 Å². The fourth-order valence-corrected chi connectivity index (χ4v) is 7.23. The summed E-state index contributed by atoms with van der Waals surface area (Å²) in [7, 11) is 0. The minimum atomic E-state index is -1.93. The van der Waals surface area contributed by atoms with Crippen molar-refractivity contribution >= 4 is 57.3 Å². The van der Waals surface area contributed by atoms with Gasteiger partial charge in [0.05, 0.1) is 34.0 Å². The van der Waals surface area contributed by atoms with Gasteiger partial charge in [-0.3, -0.25) is 34.7 Å². The van der Waals surface area contributed by atoms with Gasteiger partial charge in [-0.15, -0.1) is 11.3 Å². The van der Waals surface area contributed by atoms with Crippen molar-refractivity contribution in [2.75, 3.05) is 6.54 Å². The molecule has 11 nitrogen and oxygen atoms in total. The normalized spacial score (nSPS) is 23.9. The molecule has 2 amide bonds. The number of fused-ring (bicyclic) bond motifs is 2. The number of H-pyrrole nitrogens is 1. The van der Waals surface area contributed by atoms with Gasteiger partial charge in [0.1, 0.15) is 5.54 Å². The first-order valence-electron chi connectivity index (χ1n) is 12.9. The zero-order valence-electron chi connectivity index (χ0n) is 21.7. The van der Waals surface area contributed by atoms with Crippen LogP contribution in [0.3, 0.4) is 0 Å². The van der Waals surface area contributed by atoms with Crippen molar-refractivity contribution in [1.82, 2.24) is 20.2 Å². The van der Waals surface area contributed by atoms with Crippen molar-refractivity contribution in [2.45, 2.75) is 31.3 Å². The van der Waals surface area contributed by atoms with Gasteiger partial charge < -0.3 is 10.1 Å². The smallest absolute Gasteiger partial charge is 0.325 e. The van der Waals surface area contributed by atoms with Crippen LogP contribution in [0.2, 0.25) is 5.02 Å². The van der Waals surface area contributed by atoms with Gasteiger partial charge in [0.25, 0.3) is 5.69 Å². The molecule has 2 aliphatic heterocycles. The number of nitrogens with one attached hydrogen (secondary N) is 2. The lowest BCUT2D eigenvalue weighted by Gasteiger charge is -2.31. The van der Waals surface area contributed by atoms with Crippen LogP contribution >= 0.6 is 22.9 Å². The van der Waals surface area contributed by atoms with Crippen molar-refractivity contribution < 1.29 is 24.4 Å². The molecule has 0 radical (unpaired) electrons. The van der Waals surface area contributed by atoms with Gasteiger partial charge in [-0.05, 0) is 30.7 Å². The number of aromatic amines is 1. The van der Waals surface area contributed by atoms with Gasteiger partial charge in [-0.2, -0.15) is 0 Å². The summed E-state index contributed by atoms with van der Waals surface area (Å²) in [6, 6.07) is 10.2. The number of carboxylic acid groups (broad SMARTS) is 1. The number of rotatable bonds is 8. The van der Waals surface area contributed by atoms with Gasteiger partial charge in [0, 0.05) is 58.0 Å². The molecule has 210 valence electrons. The van der Waals surface area contributed by atoms with Crippen LogP contribution in [0.1, 0.15) is 27.7 Å². The molecule has 4 heterocycles. The lowest BCUT2D eigenvalue weighted by molar-refractivity contribution is -0.385. The third-order valence-electron chi connectivity index (χ3n) is 8.20. The number of para-hydroxylation sites is 1. The van der Waals surface area contributed by atoms with E-state index in [0.29, 0.717) is 12.0 Å². The molecule has 0 saturated carbocycles. The Morgan fingerprint density at radius 3 is 2.73 bits per heavy atom. The van der Waals surface area contributed by atoms with E-state index in [1.54, 1.807) is 11.7 Å². The molecule has 2 aromatic heterocycles. The summed E-state index contributed by atoms with van der Waals surface area (Å²) in [5.41, 5.74) is 1.70. The number of nitrogens with zero attached hydrogens (tertiary/aromatic N) is 3. The van der Waals surface area contributed by atoms with E-state index >= 15 is 0 Å². The number of aliphatic carboxylic acids is 1. The molecule has 4 atom stereocenters. The van der Waals surface area contributed by atoms with Gasteiger partial charge in [0.15, 0.2) is 0 Å². The number of halogens is 1. The van der Waals surface area contributed by atoms with Crippen molar-refractivity contribution in [3.8, 4) is 0 Å². The predicted molar refractivity (Wildman–Crippen MR) is 151 cm³/mol. The molecule has 0 aliphatic carbocycles. The predicted octanol–water partition coefficient (Wildman–Crippen LogP) is 4.05. The summed E-state index contributed by atoms with van der Waals surface area (Å²) in [5.74, 6) is -5.03. The number of amides is 2. The third-order valence-corrected chi connectivity index (χ3v) is 9.43. The second kappa shape index (κ2) is 10.1. The average Bonchev–Trinajstić information content (AvgIpc) is 3.68. The number of aromatic nitrogens is 2. The molecule has 4 unspecified atom stereocenters. The van der Waals surface area contributed by atoms with Crippen molar-refractivity contribution in [3.63, 3.8) is 0 Å². The number of imide groups is 1. The molecule has 2 fully saturated rings. The van der Waals surface area contributed by atoms with E-state index in [0.717, 1.165) is 26.4 Å². The summed E-state index contributed by atoms with van der Waals surface area (Å²) in [5, 5.41) is 26.8. The standard InChI is InChI=1S/C28H24ClN5O6S/c1-14-21(41-13-31-14)8-9-33-25(35)22-23(26(33)36)28(27(37)38,11-15-12-30-19-5-3-2-4-17(15)19)32-24(22)18-10-16(29)6-7-20(18)34(39)40/h2-7,10,12-13,22-24,30,32H,8-9,11H2,1H3,(H,37,38). The first-order chi connectivity index (χ1) is 19.6. The van der Waals surface area contributed by atoms with E-state index in [9.17, 15) is 29.6 Å². The Balaban J connectivity index is 1.48. The maximum Gasteiger partial charge on any atom is 0.325 e. The second-order valence-electron chi connectivity index (χ2n) is 10.3. The number of hydrogen-bond donors (Lipinski definition) is 3. The second-order valence-corrected chi connectivity index (χ2v) is 11.7. The largest absolute Gasteiger partial charge is 0.480 e. The molecule has 4 aromatic rings. The Bertz CT molecular complexity index is 1740. The molecular weight excluding hydrogens is 570 g/mol. The van der Waals surface area contributed by atoms with Gasteiger partial charge in [-0.25, -0.2) is 4.98 Å². The first-order valence-corrected chi connectivity index (χ1v) is 14.1. The number of benzene rings is 2. The molecule has 0 spiro atoms. The van der Waals surface area contributed by atoms with Crippen LogP contribution in [0.5, 0.6) is 0 Å². The van der Waals surface area contributed by atoms with E-state index in [1.165, 1.54) is 29.5 Å². The molecule has 0 bridgehead atoms. The maximum atomic E-state index is 14.0. The lowest BCUT2D eigenvalue weighted by Crippen LogP contribution is -2.57. The number of aryl methyl sites for hydroxylation is 1. The van der Waals surface area contributed by atoms with Crippen molar-refractivity contribution in [2.24, 2.45) is 11.8 Å². The number of carbonyl (C=O) groups is 3. The minimum absolute atomic E-state index is 0.0425. The highest BCUT2D eigenvalue weighted by atomic mass is 35.5. The summed E-state index contributed by atoms with van der Waals surface area (Å²) in [6.07, 6.45) is 1.91. The Kier molecular flexibility index (Phi) is 6.63. The number of carbonyl (C=O) groups excluding carboxylic acids is 2. The third kappa shape index (κ3) is 4.30. The van der Waals surface area contributed by atoms with E-state index < -0.39 is 46.1 Å². The summed E-state index contributed by atoms with van der Waals surface area (Å²) >= 11 is 7.64. The molecule has 2 saturated heterocycles. The monoisotopic (exact) mass is 593 g/mol. The fraction of sp³-hybridized carbons (Fsp3) is 0.286. The van der Waals surface area contributed by atoms with Gasteiger partial charge in [-0.1, -0.05) is 29.8 Å². The molecule has 2 aliphatic rings. The SMILES string of the molecule is Cc1ncsc1CCN1C(=O)C2C(c3cc(Cl)ccc3[N+](=O)[O-])NC(Cc3c[nH]c4ccccc34)(C(=O)O)C2C1=O. The van der Waals surface area contributed by atoms with Gasteiger partial charge in [0.2, 0.25) is 11.8 Å². The quantitative estimate of drug-likeness (QED) is 0.157. The van der Waals surface area contributed by atoms with Gasteiger partial charge >= 0.3 is 5.97 Å².